The van der Waals surface area contributed by atoms with Gasteiger partial charge < -0.3 is 10.1 Å². The lowest BCUT2D eigenvalue weighted by atomic mass is 9.98. The molecule has 1 aromatic rings. The number of halogens is 1. The largest absolute Gasteiger partial charge is 0.381 e. The summed E-state index contributed by atoms with van der Waals surface area (Å²) < 4.78 is 18.4. The Bertz CT molecular complexity index is 442. The molecule has 19 heavy (non-hydrogen) atoms. The molecule has 0 aliphatic carbocycles. The number of amides is 1. The van der Waals surface area contributed by atoms with Crippen LogP contribution in [0.15, 0.2) is 18.2 Å². The Morgan fingerprint density at radius 3 is 3.05 bits per heavy atom. The van der Waals surface area contributed by atoms with E-state index in [1.165, 1.54) is 24.6 Å². The van der Waals surface area contributed by atoms with Crippen molar-refractivity contribution in [1.29, 1.82) is 0 Å². The van der Waals surface area contributed by atoms with E-state index >= 15 is 0 Å². The number of carbonyl (C=O) groups excluding carboxylic acids is 1. The molecule has 1 aliphatic rings. The normalized spacial score (nSPS) is 19.2. The highest BCUT2D eigenvalue weighted by Crippen LogP contribution is 2.16. The molecule has 2 rings (SSSR count). The third-order valence-corrected chi connectivity index (χ3v) is 3.53. The predicted molar refractivity (Wildman–Crippen MR) is 71.6 cm³/mol. The molecule has 3 nitrogen and oxygen atoms in total. The van der Waals surface area contributed by atoms with E-state index in [0.717, 1.165) is 26.1 Å². The third kappa shape index (κ3) is 4.03. The fourth-order valence-electron chi connectivity index (χ4n) is 2.40. The van der Waals surface area contributed by atoms with Gasteiger partial charge in [0, 0.05) is 25.3 Å². The van der Waals surface area contributed by atoms with Crippen LogP contribution in [0.4, 0.5) is 4.39 Å². The van der Waals surface area contributed by atoms with Crippen molar-refractivity contribution < 1.29 is 13.9 Å². The minimum Gasteiger partial charge on any atom is -0.381 e. The van der Waals surface area contributed by atoms with E-state index < -0.39 is 0 Å². The minimum absolute atomic E-state index is 0.130. The fraction of sp³-hybridized carbons (Fsp3) is 0.533. The van der Waals surface area contributed by atoms with E-state index in [0.29, 0.717) is 23.6 Å². The Labute approximate surface area is 113 Å². The predicted octanol–water partition coefficient (Wildman–Crippen LogP) is 2.68. The SMILES string of the molecule is Cc1cc(F)ccc1C(=O)NCC[C@H]1CCCOC1. The molecule has 0 bridgehead atoms. The fourth-order valence-corrected chi connectivity index (χ4v) is 2.40. The summed E-state index contributed by atoms with van der Waals surface area (Å²) in [5.41, 5.74) is 1.21. The molecular formula is C15H20FNO2. The maximum Gasteiger partial charge on any atom is 0.251 e. The number of hydrogen-bond acceptors (Lipinski definition) is 2. The van der Waals surface area contributed by atoms with Crippen molar-refractivity contribution in [3.05, 3.63) is 35.1 Å². The van der Waals surface area contributed by atoms with Gasteiger partial charge in [-0.1, -0.05) is 0 Å². The highest BCUT2D eigenvalue weighted by molar-refractivity contribution is 5.95. The summed E-state index contributed by atoms with van der Waals surface area (Å²) in [5, 5.41) is 2.89. The van der Waals surface area contributed by atoms with Crippen LogP contribution in [0.1, 0.15) is 35.2 Å². The van der Waals surface area contributed by atoms with Gasteiger partial charge in [0.1, 0.15) is 5.82 Å². The Morgan fingerprint density at radius 2 is 2.37 bits per heavy atom. The van der Waals surface area contributed by atoms with Crippen LogP contribution in [0.5, 0.6) is 0 Å². The number of ether oxygens (including phenoxy) is 1. The third-order valence-electron chi connectivity index (χ3n) is 3.53. The first kappa shape index (κ1) is 14.0. The number of aryl methyl sites for hydroxylation is 1. The lowest BCUT2D eigenvalue weighted by Gasteiger charge is -2.21. The molecule has 1 amide bonds. The summed E-state index contributed by atoms with van der Waals surface area (Å²) in [6, 6.07) is 4.23. The Balaban J connectivity index is 1.80. The van der Waals surface area contributed by atoms with E-state index in [-0.39, 0.29) is 11.7 Å². The minimum atomic E-state index is -0.312. The molecule has 0 unspecified atom stereocenters. The van der Waals surface area contributed by atoms with Crippen LogP contribution in [0, 0.1) is 18.7 Å². The van der Waals surface area contributed by atoms with E-state index in [1.807, 2.05) is 0 Å². The lowest BCUT2D eigenvalue weighted by Crippen LogP contribution is -2.28. The second kappa shape index (κ2) is 6.66. The zero-order chi connectivity index (χ0) is 13.7. The quantitative estimate of drug-likeness (QED) is 0.909. The standard InChI is InChI=1S/C15H20FNO2/c1-11-9-13(16)4-5-14(11)15(18)17-7-6-12-3-2-8-19-10-12/h4-5,9,12H,2-3,6-8,10H2,1H3,(H,17,18)/t12-/m1/s1. The van der Waals surface area contributed by atoms with Crippen LogP contribution >= 0.6 is 0 Å². The Hall–Kier alpha value is -1.42. The number of rotatable bonds is 4. The first-order valence-corrected chi connectivity index (χ1v) is 6.79. The van der Waals surface area contributed by atoms with Gasteiger partial charge in [-0.25, -0.2) is 4.39 Å². The van der Waals surface area contributed by atoms with E-state index in [9.17, 15) is 9.18 Å². The second-order valence-corrected chi connectivity index (χ2v) is 5.09. The monoisotopic (exact) mass is 265 g/mol. The number of carbonyl (C=O) groups is 1. The Morgan fingerprint density at radius 1 is 1.53 bits per heavy atom. The zero-order valence-electron chi connectivity index (χ0n) is 11.2. The molecule has 0 aromatic heterocycles. The number of benzene rings is 1. The van der Waals surface area contributed by atoms with Crippen LogP contribution in [0.2, 0.25) is 0 Å². The van der Waals surface area contributed by atoms with E-state index in [1.54, 1.807) is 6.92 Å². The lowest BCUT2D eigenvalue weighted by molar-refractivity contribution is 0.0514. The summed E-state index contributed by atoms with van der Waals surface area (Å²) >= 11 is 0. The molecule has 0 radical (unpaired) electrons. The van der Waals surface area contributed by atoms with Gasteiger partial charge in [0.25, 0.3) is 5.91 Å². The topological polar surface area (TPSA) is 38.3 Å². The first-order chi connectivity index (χ1) is 9.16. The van der Waals surface area contributed by atoms with Gasteiger partial charge >= 0.3 is 0 Å². The summed E-state index contributed by atoms with van der Waals surface area (Å²) in [5.74, 6) is 0.103. The van der Waals surface area contributed by atoms with Crippen molar-refractivity contribution in [1.82, 2.24) is 5.32 Å². The second-order valence-electron chi connectivity index (χ2n) is 5.09. The van der Waals surface area contributed by atoms with Gasteiger partial charge in [-0.05, 0) is 55.9 Å². The molecule has 1 aromatic carbocycles. The van der Waals surface area contributed by atoms with Gasteiger partial charge in [0.05, 0.1) is 0 Å². The molecule has 1 heterocycles. The molecule has 1 fully saturated rings. The van der Waals surface area contributed by atoms with Crippen LogP contribution < -0.4 is 5.32 Å². The van der Waals surface area contributed by atoms with Gasteiger partial charge in [0.15, 0.2) is 0 Å². The molecular weight excluding hydrogens is 245 g/mol. The van der Waals surface area contributed by atoms with Gasteiger partial charge in [0.2, 0.25) is 0 Å². The molecule has 1 N–H and O–H groups in total. The molecule has 1 aliphatic heterocycles. The average molecular weight is 265 g/mol. The van der Waals surface area contributed by atoms with Crippen molar-refractivity contribution in [3.8, 4) is 0 Å². The van der Waals surface area contributed by atoms with E-state index in [2.05, 4.69) is 5.32 Å². The van der Waals surface area contributed by atoms with Gasteiger partial charge in [-0.2, -0.15) is 0 Å². The summed E-state index contributed by atoms with van der Waals surface area (Å²) in [4.78, 5) is 12.0. The maximum atomic E-state index is 13.0. The van der Waals surface area contributed by atoms with Crippen molar-refractivity contribution >= 4 is 5.91 Å². The number of hydrogen-bond donors (Lipinski definition) is 1. The average Bonchev–Trinajstić information content (AvgIpc) is 2.39. The molecule has 0 saturated carbocycles. The summed E-state index contributed by atoms with van der Waals surface area (Å²) in [6.45, 7) is 4.04. The van der Waals surface area contributed by atoms with Crippen molar-refractivity contribution in [2.45, 2.75) is 26.2 Å². The zero-order valence-corrected chi connectivity index (χ0v) is 11.2. The molecule has 1 saturated heterocycles. The van der Waals surface area contributed by atoms with Crippen LogP contribution in [0.3, 0.4) is 0 Å². The first-order valence-electron chi connectivity index (χ1n) is 6.79. The molecule has 0 spiro atoms. The number of nitrogens with one attached hydrogen (secondary N) is 1. The van der Waals surface area contributed by atoms with Crippen LogP contribution in [-0.4, -0.2) is 25.7 Å². The van der Waals surface area contributed by atoms with Crippen molar-refractivity contribution in [2.24, 2.45) is 5.92 Å². The van der Waals surface area contributed by atoms with Gasteiger partial charge in [-0.3, -0.25) is 4.79 Å². The molecule has 1 atom stereocenters. The molecule has 4 heteroatoms. The highest BCUT2D eigenvalue weighted by atomic mass is 19.1. The highest BCUT2D eigenvalue weighted by Gasteiger charge is 2.14. The van der Waals surface area contributed by atoms with Crippen molar-refractivity contribution in [3.63, 3.8) is 0 Å². The van der Waals surface area contributed by atoms with Gasteiger partial charge in [-0.15, -0.1) is 0 Å². The molecule has 104 valence electrons. The maximum absolute atomic E-state index is 13.0. The summed E-state index contributed by atoms with van der Waals surface area (Å²) in [7, 11) is 0. The summed E-state index contributed by atoms with van der Waals surface area (Å²) in [6.07, 6.45) is 3.22. The van der Waals surface area contributed by atoms with Crippen molar-refractivity contribution in [2.75, 3.05) is 19.8 Å². The van der Waals surface area contributed by atoms with Crippen LogP contribution in [0.25, 0.3) is 0 Å². The van der Waals surface area contributed by atoms with Crippen LogP contribution in [-0.2, 0) is 4.74 Å². The smallest absolute Gasteiger partial charge is 0.251 e. The Kier molecular flexibility index (Phi) is 4.91. The van der Waals surface area contributed by atoms with E-state index in [4.69, 9.17) is 4.74 Å².